The molecule has 0 saturated heterocycles. The summed E-state index contributed by atoms with van der Waals surface area (Å²) in [5.41, 5.74) is 0.971. The van der Waals surface area contributed by atoms with E-state index in [1.807, 2.05) is 31.4 Å². The van der Waals surface area contributed by atoms with Gasteiger partial charge in [-0.15, -0.1) is 0 Å². The van der Waals surface area contributed by atoms with Gasteiger partial charge in [-0.05, 0) is 5.39 Å². The van der Waals surface area contributed by atoms with E-state index in [9.17, 15) is 0 Å². The average molecular weight is 210 g/mol. The molecule has 0 spiro atoms. The summed E-state index contributed by atoms with van der Waals surface area (Å²) in [6, 6.07) is 8.10. The van der Waals surface area contributed by atoms with Gasteiger partial charge in [0.2, 0.25) is 0 Å². The largest absolute Gasteiger partial charge is 0.263 e. The highest BCUT2D eigenvalue weighted by Crippen LogP contribution is 2.24. The minimum Gasteiger partial charge on any atom is -0.263 e. The van der Waals surface area contributed by atoms with Crippen LogP contribution >= 0.6 is 0 Å². The van der Waals surface area contributed by atoms with Gasteiger partial charge in [-0.25, -0.2) is 4.98 Å². The third-order valence-electron chi connectivity index (χ3n) is 2.51. The molecule has 0 saturated carbocycles. The first kappa shape index (κ1) is 9.03. The van der Waals surface area contributed by atoms with E-state index >= 15 is 0 Å². The number of fused-ring (bicyclic) bond motifs is 1. The molecule has 0 N–H and O–H groups in total. The molecular weight excluding hydrogens is 200 g/mol. The predicted octanol–water partition coefficient (Wildman–Crippen LogP) is 2.03. The Morgan fingerprint density at radius 3 is 2.81 bits per heavy atom. The first-order valence-corrected chi connectivity index (χ1v) is 5.03. The Bertz CT molecular complexity index is 637. The number of benzene rings is 1. The molecule has 78 valence electrons. The summed E-state index contributed by atoms with van der Waals surface area (Å²) in [5, 5.41) is 6.53. The molecular formula is C12H10N4. The van der Waals surface area contributed by atoms with Crippen molar-refractivity contribution in [2.75, 3.05) is 0 Å². The third kappa shape index (κ3) is 1.35. The molecule has 4 nitrogen and oxygen atoms in total. The van der Waals surface area contributed by atoms with E-state index in [0.29, 0.717) is 5.82 Å². The van der Waals surface area contributed by atoms with Crippen LogP contribution in [0.3, 0.4) is 0 Å². The lowest BCUT2D eigenvalue weighted by molar-refractivity contribution is 0.768. The lowest BCUT2D eigenvalue weighted by Crippen LogP contribution is -1.89. The van der Waals surface area contributed by atoms with Crippen LogP contribution < -0.4 is 0 Å². The molecule has 0 atom stereocenters. The fraction of sp³-hybridized carbons (Fsp3) is 0.0833. The summed E-state index contributed by atoms with van der Waals surface area (Å²) in [7, 11) is 1.86. The molecule has 0 bridgehead atoms. The van der Waals surface area contributed by atoms with Gasteiger partial charge in [0.1, 0.15) is 6.33 Å². The highest BCUT2D eigenvalue weighted by molar-refractivity contribution is 5.93. The Kier molecular flexibility index (Phi) is 1.93. The van der Waals surface area contributed by atoms with Gasteiger partial charge in [0, 0.05) is 30.4 Å². The maximum atomic E-state index is 4.30. The Morgan fingerprint density at radius 2 is 2.00 bits per heavy atom. The molecule has 3 rings (SSSR count). The van der Waals surface area contributed by atoms with Gasteiger partial charge in [0.15, 0.2) is 5.82 Å². The van der Waals surface area contributed by atoms with Crippen molar-refractivity contribution in [3.8, 4) is 11.4 Å². The summed E-state index contributed by atoms with van der Waals surface area (Å²) < 4.78 is 1.69. The van der Waals surface area contributed by atoms with Gasteiger partial charge in [0.25, 0.3) is 0 Å². The van der Waals surface area contributed by atoms with Gasteiger partial charge in [-0.3, -0.25) is 9.67 Å². The number of aryl methyl sites for hydroxylation is 1. The van der Waals surface area contributed by atoms with Crippen LogP contribution in [0, 0.1) is 0 Å². The average Bonchev–Trinajstić information content (AvgIpc) is 2.75. The minimum atomic E-state index is 0.715. The molecule has 0 aliphatic heterocycles. The summed E-state index contributed by atoms with van der Waals surface area (Å²) >= 11 is 0. The minimum absolute atomic E-state index is 0.715. The van der Waals surface area contributed by atoms with Crippen LogP contribution in [0.5, 0.6) is 0 Å². The molecule has 16 heavy (non-hydrogen) atoms. The predicted molar refractivity (Wildman–Crippen MR) is 61.7 cm³/mol. The number of hydrogen-bond donors (Lipinski definition) is 0. The van der Waals surface area contributed by atoms with Crippen LogP contribution in [-0.4, -0.2) is 19.7 Å². The fourth-order valence-corrected chi connectivity index (χ4v) is 1.76. The molecule has 3 aromatic rings. The van der Waals surface area contributed by atoms with E-state index < -0.39 is 0 Å². The van der Waals surface area contributed by atoms with Crippen LogP contribution in [-0.2, 0) is 7.05 Å². The highest BCUT2D eigenvalue weighted by Gasteiger charge is 2.07. The Labute approximate surface area is 92.6 Å². The molecule has 0 radical (unpaired) electrons. The van der Waals surface area contributed by atoms with Gasteiger partial charge in [-0.1, -0.05) is 24.3 Å². The lowest BCUT2D eigenvalue weighted by atomic mass is 10.1. The lowest BCUT2D eigenvalue weighted by Gasteiger charge is -2.01. The van der Waals surface area contributed by atoms with Gasteiger partial charge < -0.3 is 0 Å². The van der Waals surface area contributed by atoms with E-state index in [1.165, 1.54) is 0 Å². The zero-order valence-electron chi connectivity index (χ0n) is 8.83. The first-order valence-electron chi connectivity index (χ1n) is 5.03. The second-order valence-electron chi connectivity index (χ2n) is 3.65. The summed E-state index contributed by atoms with van der Waals surface area (Å²) in [6.45, 7) is 0. The summed E-state index contributed by atoms with van der Waals surface area (Å²) in [4.78, 5) is 8.46. The van der Waals surface area contributed by atoms with Crippen molar-refractivity contribution in [1.29, 1.82) is 0 Å². The second kappa shape index (κ2) is 3.41. The number of pyridine rings is 1. The van der Waals surface area contributed by atoms with Crippen molar-refractivity contribution in [1.82, 2.24) is 19.7 Å². The Balaban J connectivity index is 2.31. The van der Waals surface area contributed by atoms with Gasteiger partial charge in [0.05, 0.1) is 0 Å². The van der Waals surface area contributed by atoms with Crippen LogP contribution in [0.15, 0.2) is 43.0 Å². The molecule has 0 amide bonds. The van der Waals surface area contributed by atoms with Crippen molar-refractivity contribution >= 4 is 10.8 Å². The van der Waals surface area contributed by atoms with Crippen LogP contribution in [0.1, 0.15) is 0 Å². The molecule has 0 fully saturated rings. The van der Waals surface area contributed by atoms with Gasteiger partial charge in [-0.2, -0.15) is 5.10 Å². The van der Waals surface area contributed by atoms with Crippen molar-refractivity contribution in [2.45, 2.75) is 0 Å². The standard InChI is InChI=1S/C12H10N4/c1-16-8-14-12(15-16)11-7-13-6-9-4-2-3-5-10(9)11/h2-8H,1H3. The number of rotatable bonds is 1. The van der Waals surface area contributed by atoms with Crippen LogP contribution in [0.25, 0.3) is 22.2 Å². The van der Waals surface area contributed by atoms with E-state index in [4.69, 9.17) is 0 Å². The number of hydrogen-bond acceptors (Lipinski definition) is 3. The normalized spacial score (nSPS) is 10.8. The fourth-order valence-electron chi connectivity index (χ4n) is 1.76. The third-order valence-corrected chi connectivity index (χ3v) is 2.51. The molecule has 2 heterocycles. The maximum Gasteiger partial charge on any atom is 0.183 e. The second-order valence-corrected chi connectivity index (χ2v) is 3.65. The quantitative estimate of drug-likeness (QED) is 0.617. The van der Waals surface area contributed by atoms with E-state index in [-0.39, 0.29) is 0 Å². The molecule has 0 unspecified atom stereocenters. The van der Waals surface area contributed by atoms with Crippen LogP contribution in [0.4, 0.5) is 0 Å². The van der Waals surface area contributed by atoms with Crippen LogP contribution in [0.2, 0.25) is 0 Å². The van der Waals surface area contributed by atoms with Crippen molar-refractivity contribution < 1.29 is 0 Å². The number of nitrogens with zero attached hydrogens (tertiary/aromatic N) is 4. The van der Waals surface area contributed by atoms with E-state index in [0.717, 1.165) is 16.3 Å². The van der Waals surface area contributed by atoms with E-state index in [1.54, 1.807) is 17.2 Å². The van der Waals surface area contributed by atoms with Gasteiger partial charge >= 0.3 is 0 Å². The molecule has 2 aromatic heterocycles. The molecule has 1 aromatic carbocycles. The zero-order chi connectivity index (χ0) is 11.0. The topological polar surface area (TPSA) is 43.6 Å². The Hall–Kier alpha value is -2.23. The zero-order valence-corrected chi connectivity index (χ0v) is 8.83. The smallest absolute Gasteiger partial charge is 0.183 e. The molecule has 0 aliphatic rings. The number of aromatic nitrogens is 4. The maximum absolute atomic E-state index is 4.30. The summed E-state index contributed by atoms with van der Waals surface area (Å²) in [6.07, 6.45) is 5.34. The monoisotopic (exact) mass is 210 g/mol. The Morgan fingerprint density at radius 1 is 1.12 bits per heavy atom. The first-order chi connectivity index (χ1) is 7.84. The van der Waals surface area contributed by atoms with Crippen molar-refractivity contribution in [3.05, 3.63) is 43.0 Å². The van der Waals surface area contributed by atoms with E-state index in [2.05, 4.69) is 21.1 Å². The van der Waals surface area contributed by atoms with Crippen molar-refractivity contribution in [3.63, 3.8) is 0 Å². The molecule has 0 aliphatic carbocycles. The summed E-state index contributed by atoms with van der Waals surface area (Å²) in [5.74, 6) is 0.715. The van der Waals surface area contributed by atoms with Crippen molar-refractivity contribution in [2.24, 2.45) is 7.05 Å². The SMILES string of the molecule is Cn1cnc(-c2cncc3ccccc23)n1. The highest BCUT2D eigenvalue weighted by atomic mass is 15.3. The molecule has 4 heteroatoms.